The van der Waals surface area contributed by atoms with Gasteiger partial charge in [-0.1, -0.05) is 0 Å². The molecule has 1 aromatic heterocycles. The Morgan fingerprint density at radius 1 is 1.44 bits per heavy atom. The van der Waals surface area contributed by atoms with Gasteiger partial charge in [0.15, 0.2) is 0 Å². The molecule has 0 radical (unpaired) electrons. The number of hydrogen-bond donors (Lipinski definition) is 1. The Hall–Kier alpha value is -0.430. The number of halogens is 1. The van der Waals surface area contributed by atoms with Crippen LogP contribution in [0.3, 0.4) is 0 Å². The molecule has 1 atom stereocenters. The normalized spacial score (nSPS) is 20.1. The monoisotopic (exact) mass is 317 g/mol. The van der Waals surface area contributed by atoms with Crippen LogP contribution in [0.1, 0.15) is 25.6 Å². The molecule has 0 saturated carbocycles. The van der Waals surface area contributed by atoms with E-state index in [1.807, 2.05) is 7.05 Å². The van der Waals surface area contributed by atoms with Crippen LogP contribution in [0.2, 0.25) is 0 Å². The minimum Gasteiger partial charge on any atom is -0.385 e. The lowest BCUT2D eigenvalue weighted by molar-refractivity contribution is -0.0654. The number of nitrogens with zero attached hydrogens (tertiary/aromatic N) is 3. The van der Waals surface area contributed by atoms with Crippen LogP contribution in [-0.4, -0.2) is 51.6 Å². The van der Waals surface area contributed by atoms with Crippen LogP contribution in [0.25, 0.3) is 0 Å². The molecule has 1 aliphatic heterocycles. The molecule has 0 spiro atoms. The second kappa shape index (κ2) is 5.28. The molecule has 1 saturated heterocycles. The Morgan fingerprint density at radius 3 is 2.56 bits per heavy atom. The fraction of sp³-hybridized carbons (Fsp3) is 0.750. The van der Waals surface area contributed by atoms with Gasteiger partial charge in [-0.25, -0.2) is 0 Å². The molecule has 1 fully saturated rings. The van der Waals surface area contributed by atoms with Crippen LogP contribution in [0.5, 0.6) is 0 Å². The first-order chi connectivity index (χ1) is 8.44. The Balaban J connectivity index is 2.23. The molecule has 0 bridgehead atoms. The van der Waals surface area contributed by atoms with Gasteiger partial charge in [-0.3, -0.25) is 9.58 Å². The highest BCUT2D eigenvalue weighted by molar-refractivity contribution is 9.10. The summed E-state index contributed by atoms with van der Waals surface area (Å²) in [7, 11) is 1.85. The minimum atomic E-state index is -0.600. The Kier molecular flexibility index (Phi) is 4.11. The molecule has 2 heterocycles. The molecule has 6 heteroatoms. The van der Waals surface area contributed by atoms with Crippen molar-refractivity contribution >= 4 is 15.9 Å². The van der Waals surface area contributed by atoms with Gasteiger partial charge in [0, 0.05) is 25.7 Å². The average Bonchev–Trinajstić information content (AvgIpc) is 2.69. The fourth-order valence-corrected chi connectivity index (χ4v) is 2.94. The zero-order chi connectivity index (χ0) is 13.3. The van der Waals surface area contributed by atoms with Crippen molar-refractivity contribution in [3.8, 4) is 0 Å². The van der Waals surface area contributed by atoms with E-state index in [4.69, 9.17) is 4.74 Å². The van der Waals surface area contributed by atoms with Crippen LogP contribution in [0.4, 0.5) is 0 Å². The lowest BCUT2D eigenvalue weighted by atomic mass is 9.92. The first-order valence-corrected chi connectivity index (χ1v) is 6.92. The third kappa shape index (κ3) is 2.47. The van der Waals surface area contributed by atoms with Crippen molar-refractivity contribution in [1.29, 1.82) is 0 Å². The van der Waals surface area contributed by atoms with Crippen molar-refractivity contribution in [1.82, 2.24) is 14.7 Å². The van der Waals surface area contributed by atoms with E-state index in [1.165, 1.54) is 0 Å². The molecule has 0 aliphatic carbocycles. The minimum absolute atomic E-state index is 0.347. The zero-order valence-corrected chi connectivity index (χ0v) is 12.6. The molecule has 1 unspecified atom stereocenters. The van der Waals surface area contributed by atoms with Crippen molar-refractivity contribution < 1.29 is 9.84 Å². The summed E-state index contributed by atoms with van der Waals surface area (Å²) in [4.78, 5) is 2.26. The van der Waals surface area contributed by atoms with E-state index in [2.05, 4.69) is 39.8 Å². The summed E-state index contributed by atoms with van der Waals surface area (Å²) >= 11 is 3.45. The molecular weight excluding hydrogens is 298 g/mol. The van der Waals surface area contributed by atoms with Gasteiger partial charge in [0.25, 0.3) is 0 Å². The highest BCUT2D eigenvalue weighted by Gasteiger charge is 2.38. The SMILES string of the molecule is Cn1ncc(Br)c1C(O)C(C)(C)N1CCOCC1. The molecule has 0 aromatic carbocycles. The largest absolute Gasteiger partial charge is 0.385 e. The molecule has 5 nitrogen and oxygen atoms in total. The summed E-state index contributed by atoms with van der Waals surface area (Å²) in [6.45, 7) is 7.26. The van der Waals surface area contributed by atoms with Crippen molar-refractivity contribution in [3.05, 3.63) is 16.4 Å². The quantitative estimate of drug-likeness (QED) is 0.913. The maximum atomic E-state index is 10.7. The highest BCUT2D eigenvalue weighted by Crippen LogP contribution is 2.34. The van der Waals surface area contributed by atoms with E-state index >= 15 is 0 Å². The number of aliphatic hydroxyl groups is 1. The highest BCUT2D eigenvalue weighted by atomic mass is 79.9. The van der Waals surface area contributed by atoms with Crippen LogP contribution >= 0.6 is 15.9 Å². The summed E-state index contributed by atoms with van der Waals surface area (Å²) in [5, 5.41) is 14.8. The predicted octanol–water partition coefficient (Wildman–Crippen LogP) is 1.33. The number of rotatable bonds is 3. The maximum Gasteiger partial charge on any atom is 0.114 e. The Morgan fingerprint density at radius 2 is 2.06 bits per heavy atom. The lowest BCUT2D eigenvalue weighted by Crippen LogP contribution is -2.53. The number of aryl methyl sites for hydroxylation is 1. The third-order valence-corrected chi connectivity index (χ3v) is 4.30. The smallest absolute Gasteiger partial charge is 0.114 e. The topological polar surface area (TPSA) is 50.5 Å². The van der Waals surface area contributed by atoms with Gasteiger partial charge in [-0.15, -0.1) is 0 Å². The standard InChI is InChI=1S/C12H20BrN3O2/c1-12(2,16-4-6-18-7-5-16)11(17)10-9(13)8-14-15(10)3/h8,11,17H,4-7H2,1-3H3. The van der Waals surface area contributed by atoms with Crippen molar-refractivity contribution in [2.75, 3.05) is 26.3 Å². The molecular formula is C12H20BrN3O2. The van der Waals surface area contributed by atoms with Gasteiger partial charge < -0.3 is 9.84 Å². The number of aliphatic hydroxyl groups excluding tert-OH is 1. The predicted molar refractivity (Wildman–Crippen MR) is 72.3 cm³/mol. The molecule has 1 aromatic rings. The fourth-order valence-electron chi connectivity index (χ4n) is 2.37. The molecule has 2 rings (SSSR count). The number of aromatic nitrogens is 2. The molecule has 0 amide bonds. The molecule has 1 aliphatic rings. The Bertz CT molecular complexity index is 394. The molecule has 1 N–H and O–H groups in total. The number of hydrogen-bond acceptors (Lipinski definition) is 4. The zero-order valence-electron chi connectivity index (χ0n) is 11.1. The average molecular weight is 318 g/mol. The van der Waals surface area contributed by atoms with Crippen molar-refractivity contribution in [2.24, 2.45) is 7.05 Å². The maximum absolute atomic E-state index is 10.7. The van der Waals surface area contributed by atoms with E-state index in [9.17, 15) is 5.11 Å². The number of morpholine rings is 1. The summed E-state index contributed by atoms with van der Waals surface area (Å²) < 4.78 is 7.93. The second-order valence-corrected chi connectivity index (χ2v) is 6.01. The molecule has 18 heavy (non-hydrogen) atoms. The van der Waals surface area contributed by atoms with Gasteiger partial charge >= 0.3 is 0 Å². The lowest BCUT2D eigenvalue weighted by Gasteiger charge is -2.43. The summed E-state index contributed by atoms with van der Waals surface area (Å²) in [5.41, 5.74) is 0.464. The van der Waals surface area contributed by atoms with E-state index in [1.54, 1.807) is 10.9 Å². The Labute approximate surface area is 116 Å². The first-order valence-electron chi connectivity index (χ1n) is 6.13. The van der Waals surface area contributed by atoms with Gasteiger partial charge in [-0.2, -0.15) is 5.10 Å². The van der Waals surface area contributed by atoms with Crippen LogP contribution in [-0.2, 0) is 11.8 Å². The van der Waals surface area contributed by atoms with Crippen LogP contribution in [0.15, 0.2) is 10.7 Å². The number of ether oxygens (including phenoxy) is 1. The first kappa shape index (κ1) is 14.0. The van der Waals surface area contributed by atoms with Gasteiger partial charge in [0.05, 0.1) is 29.6 Å². The van der Waals surface area contributed by atoms with Crippen LogP contribution < -0.4 is 0 Å². The van der Waals surface area contributed by atoms with E-state index in [0.717, 1.165) is 36.5 Å². The summed E-state index contributed by atoms with van der Waals surface area (Å²) in [5.74, 6) is 0. The van der Waals surface area contributed by atoms with Crippen molar-refractivity contribution in [3.63, 3.8) is 0 Å². The molecule has 102 valence electrons. The van der Waals surface area contributed by atoms with Gasteiger partial charge in [0.1, 0.15) is 6.10 Å². The van der Waals surface area contributed by atoms with E-state index < -0.39 is 6.10 Å². The van der Waals surface area contributed by atoms with Gasteiger partial charge in [-0.05, 0) is 29.8 Å². The summed E-state index contributed by atoms with van der Waals surface area (Å²) in [6, 6.07) is 0. The second-order valence-electron chi connectivity index (χ2n) is 5.16. The van der Waals surface area contributed by atoms with E-state index in [0.29, 0.717) is 0 Å². The van der Waals surface area contributed by atoms with Gasteiger partial charge in [0.2, 0.25) is 0 Å². The van der Waals surface area contributed by atoms with Crippen molar-refractivity contribution in [2.45, 2.75) is 25.5 Å². The third-order valence-electron chi connectivity index (χ3n) is 3.69. The summed E-state index contributed by atoms with van der Waals surface area (Å²) in [6.07, 6.45) is 1.12. The van der Waals surface area contributed by atoms with E-state index in [-0.39, 0.29) is 5.54 Å². The van der Waals surface area contributed by atoms with Crippen LogP contribution in [0, 0.1) is 0 Å².